The van der Waals surface area contributed by atoms with Gasteiger partial charge in [-0.3, -0.25) is 9.59 Å². The van der Waals surface area contributed by atoms with Gasteiger partial charge in [-0.15, -0.1) is 0 Å². The van der Waals surface area contributed by atoms with E-state index >= 15 is 0 Å². The van der Waals surface area contributed by atoms with Crippen LogP contribution in [-0.4, -0.2) is 17.7 Å². The van der Waals surface area contributed by atoms with Crippen LogP contribution in [0.4, 0.5) is 0 Å². The van der Waals surface area contributed by atoms with Gasteiger partial charge >= 0.3 is 0 Å². The second-order valence-corrected chi connectivity index (χ2v) is 3.89. The Morgan fingerprint density at radius 2 is 2.14 bits per heavy atom. The van der Waals surface area contributed by atoms with Gasteiger partial charge in [0.25, 0.3) is 0 Å². The summed E-state index contributed by atoms with van der Waals surface area (Å²) in [6.45, 7) is 1.56. The molecule has 0 aromatic heterocycles. The van der Waals surface area contributed by atoms with E-state index in [1.165, 1.54) is 0 Å². The van der Waals surface area contributed by atoms with Crippen molar-refractivity contribution in [2.24, 2.45) is 11.8 Å². The van der Waals surface area contributed by atoms with Crippen LogP contribution in [0.1, 0.15) is 13.3 Å². The number of allylic oxidation sites excluding steroid dienone is 2. The van der Waals surface area contributed by atoms with E-state index in [4.69, 9.17) is 0 Å². The third-order valence-electron chi connectivity index (χ3n) is 2.78. The van der Waals surface area contributed by atoms with Crippen LogP contribution in [0, 0.1) is 11.8 Å². The molecular formula is C11H13NO2. The third-order valence-corrected chi connectivity index (χ3v) is 2.78. The SMILES string of the molecule is CC(=O)CC1NC(=O)C2C=CC=CC12. The molecule has 2 aliphatic rings. The summed E-state index contributed by atoms with van der Waals surface area (Å²) in [5.74, 6) is 0.265. The molecule has 3 unspecified atom stereocenters. The molecule has 1 aliphatic heterocycles. The minimum Gasteiger partial charge on any atom is -0.352 e. The maximum atomic E-state index is 11.5. The summed E-state index contributed by atoms with van der Waals surface area (Å²) in [6.07, 6.45) is 8.17. The first-order valence-corrected chi connectivity index (χ1v) is 4.83. The summed E-state index contributed by atoms with van der Waals surface area (Å²) in [6, 6.07) is -0.00815. The monoisotopic (exact) mass is 191 g/mol. The van der Waals surface area contributed by atoms with Crippen LogP contribution in [0.15, 0.2) is 24.3 Å². The minimum atomic E-state index is -0.0654. The molecule has 3 atom stereocenters. The largest absolute Gasteiger partial charge is 0.352 e. The molecule has 0 aromatic rings. The highest BCUT2D eigenvalue weighted by Crippen LogP contribution is 2.30. The van der Waals surface area contributed by atoms with Crippen molar-refractivity contribution in [1.82, 2.24) is 5.32 Å². The Kier molecular flexibility index (Phi) is 2.23. The van der Waals surface area contributed by atoms with Gasteiger partial charge in [0.1, 0.15) is 5.78 Å². The Morgan fingerprint density at radius 1 is 1.43 bits per heavy atom. The summed E-state index contributed by atoms with van der Waals surface area (Å²) < 4.78 is 0. The normalized spacial score (nSPS) is 34.1. The van der Waals surface area contributed by atoms with Crippen LogP contribution >= 0.6 is 0 Å². The molecule has 1 amide bonds. The first-order valence-electron chi connectivity index (χ1n) is 4.83. The number of nitrogens with one attached hydrogen (secondary N) is 1. The Hall–Kier alpha value is -1.38. The fourth-order valence-corrected chi connectivity index (χ4v) is 2.14. The fraction of sp³-hybridized carbons (Fsp3) is 0.455. The molecule has 0 aromatic carbocycles. The second-order valence-electron chi connectivity index (χ2n) is 3.89. The summed E-state index contributed by atoms with van der Waals surface area (Å²) >= 11 is 0. The van der Waals surface area contributed by atoms with Crippen LogP contribution in [0.5, 0.6) is 0 Å². The van der Waals surface area contributed by atoms with Crippen molar-refractivity contribution < 1.29 is 9.59 Å². The van der Waals surface area contributed by atoms with Gasteiger partial charge < -0.3 is 5.32 Å². The van der Waals surface area contributed by atoms with Gasteiger partial charge in [-0.1, -0.05) is 24.3 Å². The summed E-state index contributed by atoms with van der Waals surface area (Å²) in [7, 11) is 0. The van der Waals surface area contributed by atoms with Gasteiger partial charge in [0.15, 0.2) is 0 Å². The average Bonchev–Trinajstić information content (AvgIpc) is 2.44. The quantitative estimate of drug-likeness (QED) is 0.702. The number of Topliss-reactive ketones (excluding diaryl/α,β-unsaturated/α-hetero) is 1. The predicted octanol–water partition coefficient (Wildman–Crippen LogP) is 0.822. The van der Waals surface area contributed by atoms with Crippen molar-refractivity contribution in [2.75, 3.05) is 0 Å². The van der Waals surface area contributed by atoms with E-state index in [9.17, 15) is 9.59 Å². The molecule has 1 N–H and O–H groups in total. The van der Waals surface area contributed by atoms with Crippen molar-refractivity contribution in [1.29, 1.82) is 0 Å². The highest BCUT2D eigenvalue weighted by molar-refractivity contribution is 5.86. The van der Waals surface area contributed by atoms with Crippen LogP contribution in [0.3, 0.4) is 0 Å². The zero-order chi connectivity index (χ0) is 10.1. The number of carbonyl (C=O) groups is 2. The number of amides is 1. The molecule has 74 valence electrons. The fourth-order valence-electron chi connectivity index (χ4n) is 2.14. The Bertz CT molecular complexity index is 330. The standard InChI is InChI=1S/C11H13NO2/c1-7(13)6-10-8-4-2-3-5-9(8)11(14)12-10/h2-5,8-10H,6H2,1H3,(H,12,14). The number of hydrogen-bond acceptors (Lipinski definition) is 2. The van der Waals surface area contributed by atoms with Gasteiger partial charge in [-0.2, -0.15) is 0 Å². The molecule has 14 heavy (non-hydrogen) atoms. The van der Waals surface area contributed by atoms with Crippen LogP contribution in [0.2, 0.25) is 0 Å². The predicted molar refractivity (Wildman–Crippen MR) is 52.5 cm³/mol. The highest BCUT2D eigenvalue weighted by atomic mass is 16.2. The van der Waals surface area contributed by atoms with Gasteiger partial charge in [0.2, 0.25) is 5.91 Å². The summed E-state index contributed by atoms with van der Waals surface area (Å²) in [5, 5.41) is 2.86. The molecule has 3 heteroatoms. The summed E-state index contributed by atoms with van der Waals surface area (Å²) in [5.41, 5.74) is 0. The average molecular weight is 191 g/mol. The summed E-state index contributed by atoms with van der Waals surface area (Å²) in [4.78, 5) is 22.5. The van der Waals surface area contributed by atoms with E-state index in [-0.39, 0.29) is 29.6 Å². The molecule has 3 nitrogen and oxygen atoms in total. The topological polar surface area (TPSA) is 46.2 Å². The Balaban J connectivity index is 2.15. The van der Waals surface area contributed by atoms with E-state index in [2.05, 4.69) is 5.32 Å². The third kappa shape index (κ3) is 1.50. The molecule has 0 bridgehead atoms. The second kappa shape index (κ2) is 3.40. The van der Waals surface area contributed by atoms with Crippen molar-refractivity contribution >= 4 is 11.7 Å². The smallest absolute Gasteiger partial charge is 0.227 e. The molecule has 0 spiro atoms. The zero-order valence-corrected chi connectivity index (χ0v) is 8.07. The van der Waals surface area contributed by atoms with E-state index in [0.717, 1.165) is 0 Å². The zero-order valence-electron chi connectivity index (χ0n) is 8.07. The lowest BCUT2D eigenvalue weighted by Gasteiger charge is -2.18. The molecule has 0 radical (unpaired) electrons. The van der Waals surface area contributed by atoms with Crippen molar-refractivity contribution in [3.63, 3.8) is 0 Å². The Morgan fingerprint density at radius 3 is 2.86 bits per heavy atom. The number of fused-ring (bicyclic) bond motifs is 1. The van der Waals surface area contributed by atoms with E-state index in [1.807, 2.05) is 24.3 Å². The van der Waals surface area contributed by atoms with Gasteiger partial charge in [-0.05, 0) is 6.92 Å². The lowest BCUT2D eigenvalue weighted by atomic mass is 9.85. The number of rotatable bonds is 2. The molecule has 0 saturated carbocycles. The van der Waals surface area contributed by atoms with Crippen molar-refractivity contribution in [3.8, 4) is 0 Å². The maximum absolute atomic E-state index is 11.5. The van der Waals surface area contributed by atoms with Crippen LogP contribution < -0.4 is 5.32 Å². The molecular weight excluding hydrogens is 178 g/mol. The highest BCUT2D eigenvalue weighted by Gasteiger charge is 2.40. The number of carbonyl (C=O) groups excluding carboxylic acids is 2. The van der Waals surface area contributed by atoms with E-state index < -0.39 is 0 Å². The number of hydrogen-bond donors (Lipinski definition) is 1. The van der Waals surface area contributed by atoms with Gasteiger partial charge in [0.05, 0.1) is 5.92 Å². The first kappa shape index (κ1) is 9.19. The van der Waals surface area contributed by atoms with Crippen LogP contribution in [0.25, 0.3) is 0 Å². The molecule has 1 saturated heterocycles. The van der Waals surface area contributed by atoms with Crippen LogP contribution in [-0.2, 0) is 9.59 Å². The molecule has 1 fully saturated rings. The molecule has 1 aliphatic carbocycles. The first-order chi connectivity index (χ1) is 6.68. The Labute approximate surface area is 82.9 Å². The minimum absolute atomic E-state index is 0.00815. The van der Waals surface area contributed by atoms with Crippen molar-refractivity contribution in [3.05, 3.63) is 24.3 Å². The van der Waals surface area contributed by atoms with E-state index in [1.54, 1.807) is 6.92 Å². The van der Waals surface area contributed by atoms with E-state index in [0.29, 0.717) is 6.42 Å². The lowest BCUT2D eigenvalue weighted by Crippen LogP contribution is -2.30. The maximum Gasteiger partial charge on any atom is 0.227 e. The van der Waals surface area contributed by atoms with Crippen molar-refractivity contribution in [2.45, 2.75) is 19.4 Å². The van der Waals surface area contributed by atoms with Gasteiger partial charge in [0, 0.05) is 18.4 Å². The molecule has 2 rings (SSSR count). The lowest BCUT2D eigenvalue weighted by molar-refractivity contribution is -0.121. The number of ketones is 1. The molecule has 1 heterocycles. The van der Waals surface area contributed by atoms with Gasteiger partial charge in [-0.25, -0.2) is 0 Å².